The molecule has 0 spiro atoms. The van der Waals surface area contributed by atoms with E-state index in [-0.39, 0.29) is 17.6 Å². The zero-order chi connectivity index (χ0) is 25.3. The molecular weight excluding hydrogens is 458 g/mol. The Bertz CT molecular complexity index is 1030. The van der Waals surface area contributed by atoms with Gasteiger partial charge in [0.2, 0.25) is 0 Å². The van der Waals surface area contributed by atoms with E-state index in [0.29, 0.717) is 62.6 Å². The van der Waals surface area contributed by atoms with E-state index in [1.807, 2.05) is 13.0 Å². The fraction of sp³-hybridized carbons (Fsp3) is 0.607. The summed E-state index contributed by atoms with van der Waals surface area (Å²) in [7, 11) is 0. The van der Waals surface area contributed by atoms with Crippen molar-refractivity contribution in [3.05, 3.63) is 52.3 Å². The van der Waals surface area contributed by atoms with Gasteiger partial charge in [-0.25, -0.2) is 0 Å². The van der Waals surface area contributed by atoms with Crippen LogP contribution in [-0.2, 0) is 28.9 Å². The molecule has 1 aromatic heterocycles. The molecule has 1 aliphatic carbocycles. The number of hydrogen-bond donors (Lipinski definition) is 2. The van der Waals surface area contributed by atoms with Gasteiger partial charge in [-0.05, 0) is 57.9 Å². The molecular formula is C28H39N3O5. The van der Waals surface area contributed by atoms with Crippen LogP contribution in [0.4, 0.5) is 0 Å². The van der Waals surface area contributed by atoms with Crippen LogP contribution in [-0.4, -0.2) is 52.9 Å². The fourth-order valence-corrected chi connectivity index (χ4v) is 5.21. The molecule has 196 valence electrons. The van der Waals surface area contributed by atoms with E-state index in [1.165, 1.54) is 0 Å². The van der Waals surface area contributed by atoms with Crippen molar-refractivity contribution in [2.24, 2.45) is 5.92 Å². The van der Waals surface area contributed by atoms with E-state index in [0.717, 1.165) is 56.2 Å². The predicted octanol–water partition coefficient (Wildman–Crippen LogP) is 4.00. The maximum absolute atomic E-state index is 12.9. The maximum Gasteiger partial charge on any atom is 0.269 e. The lowest BCUT2D eigenvalue weighted by Gasteiger charge is -2.14. The minimum Gasteiger partial charge on any atom is -0.381 e. The topological polar surface area (TPSA) is 103 Å². The molecule has 2 aromatic rings. The van der Waals surface area contributed by atoms with Gasteiger partial charge in [-0.2, -0.15) is 5.10 Å². The standard InChI is InChI=1S/C28H39N3O5/c1-2-31-25-23(13-6-16-35-17-8-15-29-27(25)33)24(30-31)14-7-18-36-28(34)22-12-5-11-21(19-22)26(32)20-9-3-4-10-20/h5,11-12,19-20,28,34H,2-4,6-10,13-18H2,1H3,(H,29,33). The lowest BCUT2D eigenvalue weighted by atomic mass is 9.95. The smallest absolute Gasteiger partial charge is 0.269 e. The highest BCUT2D eigenvalue weighted by Crippen LogP contribution is 2.29. The minimum atomic E-state index is -1.09. The third-order valence-electron chi connectivity index (χ3n) is 7.13. The molecule has 2 aliphatic rings. The quantitative estimate of drug-likeness (QED) is 0.308. The van der Waals surface area contributed by atoms with E-state index in [1.54, 1.807) is 22.9 Å². The average molecular weight is 498 g/mol. The molecule has 1 aliphatic heterocycles. The van der Waals surface area contributed by atoms with Gasteiger partial charge in [0, 0.05) is 48.9 Å². The highest BCUT2D eigenvalue weighted by molar-refractivity contribution is 5.98. The number of nitrogens with zero attached hydrogens (tertiary/aromatic N) is 2. The van der Waals surface area contributed by atoms with Gasteiger partial charge in [0.1, 0.15) is 5.69 Å². The lowest BCUT2D eigenvalue weighted by molar-refractivity contribution is -0.103. The minimum absolute atomic E-state index is 0.0776. The first-order chi connectivity index (χ1) is 17.6. The van der Waals surface area contributed by atoms with E-state index >= 15 is 0 Å². The molecule has 0 radical (unpaired) electrons. The summed E-state index contributed by atoms with van der Waals surface area (Å²) < 4.78 is 13.2. The van der Waals surface area contributed by atoms with E-state index in [9.17, 15) is 14.7 Å². The Labute approximate surface area is 213 Å². The van der Waals surface area contributed by atoms with E-state index < -0.39 is 6.29 Å². The number of rotatable bonds is 9. The van der Waals surface area contributed by atoms with Gasteiger partial charge in [-0.15, -0.1) is 0 Å². The number of aliphatic hydroxyl groups is 1. The van der Waals surface area contributed by atoms with Crippen LogP contribution in [0.5, 0.6) is 0 Å². The van der Waals surface area contributed by atoms with E-state index in [2.05, 4.69) is 5.32 Å². The van der Waals surface area contributed by atoms with Crippen LogP contribution in [0, 0.1) is 5.92 Å². The molecule has 8 nitrogen and oxygen atoms in total. The van der Waals surface area contributed by atoms with Crippen molar-refractivity contribution in [2.75, 3.05) is 26.4 Å². The first-order valence-electron chi connectivity index (χ1n) is 13.5. The second-order valence-corrected chi connectivity index (χ2v) is 9.71. The van der Waals surface area contributed by atoms with Crippen molar-refractivity contribution in [1.29, 1.82) is 0 Å². The van der Waals surface area contributed by atoms with Crippen molar-refractivity contribution in [2.45, 2.75) is 77.5 Å². The van der Waals surface area contributed by atoms with Gasteiger partial charge in [0.25, 0.3) is 5.91 Å². The Kier molecular flexibility index (Phi) is 9.67. The SMILES string of the molecule is CCn1nc(CCCOC(O)c2cccc(C(=O)C3CCCC3)c2)c2c1C(=O)NCCCOCCC2. The summed E-state index contributed by atoms with van der Waals surface area (Å²) in [5.41, 5.74) is 3.79. The summed E-state index contributed by atoms with van der Waals surface area (Å²) in [5, 5.41) is 18.3. The van der Waals surface area contributed by atoms with Crippen molar-refractivity contribution in [3.63, 3.8) is 0 Å². The van der Waals surface area contributed by atoms with Crippen LogP contribution in [0.25, 0.3) is 0 Å². The Hall–Kier alpha value is -2.55. The number of ether oxygens (including phenoxy) is 2. The molecule has 1 unspecified atom stereocenters. The number of aryl methyl sites for hydroxylation is 2. The number of nitrogens with one attached hydrogen (secondary N) is 1. The van der Waals surface area contributed by atoms with Crippen LogP contribution in [0.15, 0.2) is 24.3 Å². The second-order valence-electron chi connectivity index (χ2n) is 9.71. The normalized spacial score (nSPS) is 18.3. The molecule has 1 saturated carbocycles. The summed E-state index contributed by atoms with van der Waals surface area (Å²) in [6, 6.07) is 7.17. The Morgan fingerprint density at radius 1 is 1.25 bits per heavy atom. The van der Waals surface area contributed by atoms with Crippen LogP contribution < -0.4 is 5.32 Å². The molecule has 0 saturated heterocycles. The molecule has 0 bridgehead atoms. The molecule has 36 heavy (non-hydrogen) atoms. The number of benzene rings is 1. The zero-order valence-electron chi connectivity index (χ0n) is 21.3. The van der Waals surface area contributed by atoms with Crippen molar-refractivity contribution < 1.29 is 24.2 Å². The highest BCUT2D eigenvalue weighted by atomic mass is 16.6. The number of amides is 1. The number of hydrogen-bond acceptors (Lipinski definition) is 6. The number of carbonyl (C=O) groups is 2. The molecule has 1 amide bonds. The van der Waals surface area contributed by atoms with Crippen LogP contribution in [0.3, 0.4) is 0 Å². The summed E-state index contributed by atoms with van der Waals surface area (Å²) in [6.45, 7) is 4.86. The predicted molar refractivity (Wildman–Crippen MR) is 136 cm³/mol. The molecule has 4 rings (SSSR count). The third kappa shape index (κ3) is 6.60. The van der Waals surface area contributed by atoms with Gasteiger partial charge in [-0.3, -0.25) is 14.3 Å². The number of carbonyl (C=O) groups excluding carboxylic acids is 2. The number of aliphatic hydroxyl groups excluding tert-OH is 1. The first kappa shape index (κ1) is 26.5. The van der Waals surface area contributed by atoms with Crippen molar-refractivity contribution in [3.8, 4) is 0 Å². The van der Waals surface area contributed by atoms with E-state index in [4.69, 9.17) is 14.6 Å². The number of fused-ring (bicyclic) bond motifs is 1. The lowest BCUT2D eigenvalue weighted by Crippen LogP contribution is -2.28. The van der Waals surface area contributed by atoms with Gasteiger partial charge in [0.15, 0.2) is 12.1 Å². The summed E-state index contributed by atoms with van der Waals surface area (Å²) in [4.78, 5) is 25.6. The molecule has 2 N–H and O–H groups in total. The number of Topliss-reactive ketones (excluding diaryl/α,β-unsaturated/α-hetero) is 1. The Morgan fingerprint density at radius 2 is 2.06 bits per heavy atom. The summed E-state index contributed by atoms with van der Waals surface area (Å²) in [6.07, 6.45) is 6.72. The van der Waals surface area contributed by atoms with Crippen molar-refractivity contribution in [1.82, 2.24) is 15.1 Å². The summed E-state index contributed by atoms with van der Waals surface area (Å²) in [5.74, 6) is 0.194. The molecule has 1 atom stereocenters. The van der Waals surface area contributed by atoms with Gasteiger partial charge < -0.3 is 19.9 Å². The largest absolute Gasteiger partial charge is 0.381 e. The van der Waals surface area contributed by atoms with Crippen LogP contribution in [0.1, 0.15) is 95.8 Å². The monoisotopic (exact) mass is 497 g/mol. The first-order valence-corrected chi connectivity index (χ1v) is 13.5. The zero-order valence-corrected chi connectivity index (χ0v) is 21.3. The summed E-state index contributed by atoms with van der Waals surface area (Å²) >= 11 is 0. The van der Waals surface area contributed by atoms with Crippen LogP contribution in [0.2, 0.25) is 0 Å². The molecule has 2 heterocycles. The van der Waals surface area contributed by atoms with Gasteiger partial charge in [0.05, 0.1) is 12.3 Å². The van der Waals surface area contributed by atoms with Crippen molar-refractivity contribution >= 4 is 11.7 Å². The highest BCUT2D eigenvalue weighted by Gasteiger charge is 2.25. The fourth-order valence-electron chi connectivity index (χ4n) is 5.21. The second kappa shape index (κ2) is 13.1. The maximum atomic E-state index is 12.9. The van der Waals surface area contributed by atoms with Crippen LogP contribution >= 0.6 is 0 Å². The van der Waals surface area contributed by atoms with Gasteiger partial charge >= 0.3 is 0 Å². The molecule has 8 heteroatoms. The molecule has 1 aromatic carbocycles. The third-order valence-corrected chi connectivity index (χ3v) is 7.13. The average Bonchev–Trinajstić information content (AvgIpc) is 3.55. The molecule has 1 fully saturated rings. The Morgan fingerprint density at radius 3 is 2.86 bits per heavy atom. The Balaban J connectivity index is 1.35. The number of ketones is 1. The van der Waals surface area contributed by atoms with Gasteiger partial charge in [-0.1, -0.05) is 31.0 Å². The number of aromatic nitrogens is 2.